The summed E-state index contributed by atoms with van der Waals surface area (Å²) < 4.78 is 5.09. The second-order valence-electron chi connectivity index (χ2n) is 4.39. The number of aldehydes is 1. The maximum Gasteiger partial charge on any atom is 0.412 e. The van der Waals surface area contributed by atoms with Crippen molar-refractivity contribution < 1.29 is 14.3 Å². The van der Waals surface area contributed by atoms with E-state index in [1.807, 2.05) is 6.92 Å². The number of carbonyl (C=O) groups excluding carboxylic acids is 2. The van der Waals surface area contributed by atoms with Gasteiger partial charge in [0.2, 0.25) is 0 Å². The second-order valence-corrected chi connectivity index (χ2v) is 5.64. The van der Waals surface area contributed by atoms with Gasteiger partial charge in [-0.3, -0.25) is 10.1 Å². The van der Waals surface area contributed by atoms with Crippen LogP contribution in [0.5, 0.6) is 0 Å². The van der Waals surface area contributed by atoms with E-state index in [1.165, 1.54) is 11.3 Å². The molecule has 16 heavy (non-hydrogen) atoms. The van der Waals surface area contributed by atoms with E-state index in [9.17, 15) is 9.59 Å². The predicted molar refractivity (Wildman–Crippen MR) is 64.3 cm³/mol. The molecule has 1 rings (SSSR count). The third-order valence-electron chi connectivity index (χ3n) is 1.63. The van der Waals surface area contributed by atoms with E-state index in [1.54, 1.807) is 26.8 Å². The lowest BCUT2D eigenvalue weighted by Gasteiger charge is -2.19. The summed E-state index contributed by atoms with van der Waals surface area (Å²) in [5.74, 6) is 0. The molecule has 1 N–H and O–H groups in total. The molecular formula is C11H15NO3S. The number of amides is 1. The number of aryl methyl sites for hydroxylation is 1. The molecule has 0 aromatic carbocycles. The van der Waals surface area contributed by atoms with Crippen LogP contribution in [0.25, 0.3) is 0 Å². The molecule has 0 spiro atoms. The van der Waals surface area contributed by atoms with E-state index in [0.717, 1.165) is 11.2 Å². The maximum atomic E-state index is 11.5. The van der Waals surface area contributed by atoms with Gasteiger partial charge in [0, 0.05) is 10.4 Å². The van der Waals surface area contributed by atoms with Gasteiger partial charge in [0.1, 0.15) is 10.6 Å². The molecule has 0 aliphatic heterocycles. The maximum absolute atomic E-state index is 11.5. The van der Waals surface area contributed by atoms with Crippen molar-refractivity contribution >= 4 is 28.7 Å². The Kier molecular flexibility index (Phi) is 3.70. The summed E-state index contributed by atoms with van der Waals surface area (Å²) in [4.78, 5) is 23.2. The number of nitrogens with one attached hydrogen (secondary N) is 1. The lowest BCUT2D eigenvalue weighted by molar-refractivity contribution is 0.0636. The number of anilines is 1. The predicted octanol–water partition coefficient (Wildman–Crippen LogP) is 3.22. The van der Waals surface area contributed by atoms with E-state index < -0.39 is 11.7 Å². The average molecular weight is 241 g/mol. The molecule has 1 amide bonds. The van der Waals surface area contributed by atoms with Gasteiger partial charge in [0.15, 0.2) is 6.29 Å². The monoisotopic (exact) mass is 241 g/mol. The van der Waals surface area contributed by atoms with Gasteiger partial charge in [-0.25, -0.2) is 4.79 Å². The minimum atomic E-state index is -0.544. The van der Waals surface area contributed by atoms with Crippen LogP contribution in [0.1, 0.15) is 36.0 Å². The second kappa shape index (κ2) is 4.65. The smallest absolute Gasteiger partial charge is 0.412 e. The van der Waals surface area contributed by atoms with Crippen LogP contribution < -0.4 is 5.32 Å². The zero-order valence-corrected chi connectivity index (χ0v) is 10.6. The van der Waals surface area contributed by atoms with E-state index in [0.29, 0.717) is 10.6 Å². The minimum absolute atomic E-state index is 0.480. The number of rotatable bonds is 2. The van der Waals surface area contributed by atoms with E-state index in [-0.39, 0.29) is 0 Å². The molecule has 1 heterocycles. The number of ether oxygens (including phenoxy) is 1. The Balaban J connectivity index is 2.73. The first-order valence-corrected chi connectivity index (χ1v) is 5.69. The minimum Gasteiger partial charge on any atom is -0.444 e. The summed E-state index contributed by atoms with van der Waals surface area (Å²) in [6.45, 7) is 7.23. The van der Waals surface area contributed by atoms with Gasteiger partial charge < -0.3 is 4.74 Å². The molecule has 0 saturated heterocycles. The zero-order chi connectivity index (χ0) is 12.3. The Morgan fingerprint density at radius 2 is 2.12 bits per heavy atom. The number of thiophene rings is 1. The Hall–Kier alpha value is -1.36. The summed E-state index contributed by atoms with van der Waals surface area (Å²) in [6.07, 6.45) is 0.174. The van der Waals surface area contributed by atoms with Gasteiger partial charge in [-0.2, -0.15) is 0 Å². The first-order valence-electron chi connectivity index (χ1n) is 4.87. The molecule has 88 valence electrons. The highest BCUT2D eigenvalue weighted by Gasteiger charge is 2.18. The summed E-state index contributed by atoms with van der Waals surface area (Å²) in [6, 6.07) is 1.73. The normalized spacial score (nSPS) is 11.0. The number of carbonyl (C=O) groups is 2. The molecule has 1 aromatic rings. The van der Waals surface area contributed by atoms with E-state index >= 15 is 0 Å². The molecule has 4 nitrogen and oxygen atoms in total. The Morgan fingerprint density at radius 3 is 2.62 bits per heavy atom. The lowest BCUT2D eigenvalue weighted by atomic mass is 10.2. The van der Waals surface area contributed by atoms with Gasteiger partial charge >= 0.3 is 6.09 Å². The van der Waals surface area contributed by atoms with Crippen molar-refractivity contribution in [2.45, 2.75) is 33.3 Å². The largest absolute Gasteiger partial charge is 0.444 e. The topological polar surface area (TPSA) is 55.4 Å². The molecule has 5 heteroatoms. The molecule has 1 aromatic heterocycles. The third kappa shape index (κ3) is 3.66. The third-order valence-corrected chi connectivity index (χ3v) is 2.61. The molecule has 0 bridgehead atoms. The fourth-order valence-corrected chi connectivity index (χ4v) is 1.98. The fraction of sp³-hybridized carbons (Fsp3) is 0.455. The van der Waals surface area contributed by atoms with Crippen LogP contribution in [0.15, 0.2) is 6.07 Å². The van der Waals surface area contributed by atoms with Crippen LogP contribution in [0.2, 0.25) is 0 Å². The van der Waals surface area contributed by atoms with Crippen molar-refractivity contribution in [1.29, 1.82) is 0 Å². The standard InChI is InChI=1S/C11H15NO3S/c1-7-5-8(6-13)9(16-7)12-10(14)15-11(2,3)4/h5-6H,1-4H3,(H,12,14). The lowest BCUT2D eigenvalue weighted by Crippen LogP contribution is -2.27. The van der Waals surface area contributed by atoms with Gasteiger partial charge in [-0.15, -0.1) is 11.3 Å². The van der Waals surface area contributed by atoms with Crippen molar-refractivity contribution in [3.63, 3.8) is 0 Å². The number of hydrogen-bond acceptors (Lipinski definition) is 4. The van der Waals surface area contributed by atoms with Crippen LogP contribution >= 0.6 is 11.3 Å². The van der Waals surface area contributed by atoms with Crippen molar-refractivity contribution in [1.82, 2.24) is 0 Å². The SMILES string of the molecule is Cc1cc(C=O)c(NC(=O)OC(C)(C)C)s1. The van der Waals surface area contributed by atoms with Crippen molar-refractivity contribution in [3.8, 4) is 0 Å². The summed E-state index contributed by atoms with van der Waals surface area (Å²) in [5, 5.41) is 3.09. The van der Waals surface area contributed by atoms with Crippen LogP contribution in [-0.2, 0) is 4.74 Å². The highest BCUT2D eigenvalue weighted by atomic mass is 32.1. The average Bonchev–Trinajstić information content (AvgIpc) is 2.42. The Bertz CT molecular complexity index is 404. The van der Waals surface area contributed by atoms with E-state index in [2.05, 4.69) is 5.32 Å². The van der Waals surface area contributed by atoms with Crippen LogP contribution in [0, 0.1) is 6.92 Å². The summed E-state index contributed by atoms with van der Waals surface area (Å²) in [5.41, 5.74) is -0.0640. The van der Waals surface area contributed by atoms with Gasteiger partial charge in [0.05, 0.1) is 0 Å². The molecule has 0 radical (unpaired) electrons. The van der Waals surface area contributed by atoms with Crippen molar-refractivity contribution in [2.24, 2.45) is 0 Å². The molecule has 0 fully saturated rings. The van der Waals surface area contributed by atoms with Crippen molar-refractivity contribution in [3.05, 3.63) is 16.5 Å². The van der Waals surface area contributed by atoms with Gasteiger partial charge in [-0.1, -0.05) is 0 Å². The Morgan fingerprint density at radius 1 is 1.50 bits per heavy atom. The molecular weight excluding hydrogens is 226 g/mol. The Labute approximate surface area is 98.6 Å². The quantitative estimate of drug-likeness (QED) is 0.809. The highest BCUT2D eigenvalue weighted by molar-refractivity contribution is 7.16. The first-order chi connectivity index (χ1) is 7.31. The summed E-state index contributed by atoms with van der Waals surface area (Å²) in [7, 11) is 0. The molecule has 0 unspecified atom stereocenters. The van der Waals surface area contributed by atoms with Crippen molar-refractivity contribution in [2.75, 3.05) is 5.32 Å². The van der Waals surface area contributed by atoms with E-state index in [4.69, 9.17) is 4.74 Å². The fourth-order valence-electron chi connectivity index (χ4n) is 1.12. The van der Waals surface area contributed by atoms with Crippen LogP contribution in [0.3, 0.4) is 0 Å². The molecule has 0 saturated carbocycles. The molecule has 0 aliphatic carbocycles. The summed E-state index contributed by atoms with van der Waals surface area (Å²) >= 11 is 1.35. The highest BCUT2D eigenvalue weighted by Crippen LogP contribution is 2.26. The van der Waals surface area contributed by atoms with Gasteiger partial charge in [0.25, 0.3) is 0 Å². The zero-order valence-electron chi connectivity index (χ0n) is 9.79. The molecule has 0 atom stereocenters. The van der Waals surface area contributed by atoms with Gasteiger partial charge in [-0.05, 0) is 33.8 Å². The van der Waals surface area contributed by atoms with Crippen LogP contribution in [0.4, 0.5) is 9.80 Å². The molecule has 0 aliphatic rings. The van der Waals surface area contributed by atoms with Crippen LogP contribution in [-0.4, -0.2) is 18.0 Å². The number of hydrogen-bond donors (Lipinski definition) is 1. The first kappa shape index (κ1) is 12.7.